The molecule has 114 valence electrons. The van der Waals surface area contributed by atoms with E-state index in [4.69, 9.17) is 5.73 Å². The first kappa shape index (κ1) is 15.5. The summed E-state index contributed by atoms with van der Waals surface area (Å²) in [5.41, 5.74) is 4.78. The first-order valence-electron chi connectivity index (χ1n) is 7.38. The van der Waals surface area contributed by atoms with Gasteiger partial charge in [-0.1, -0.05) is 31.0 Å². The average molecular weight is 292 g/mol. The highest BCUT2D eigenvalue weighted by Crippen LogP contribution is 2.42. The van der Waals surface area contributed by atoms with Gasteiger partial charge in [-0.05, 0) is 25.3 Å². The first-order chi connectivity index (χ1) is 10.1. The van der Waals surface area contributed by atoms with Crippen LogP contribution in [0.25, 0.3) is 0 Å². The molecule has 1 saturated carbocycles. The Morgan fingerprint density at radius 1 is 1.24 bits per heavy atom. The zero-order valence-electron chi connectivity index (χ0n) is 12.0. The highest BCUT2D eigenvalue weighted by molar-refractivity contribution is 5.88. The minimum Gasteiger partial charge on any atom is -0.370 e. The summed E-state index contributed by atoms with van der Waals surface area (Å²) in [5.74, 6) is -0.852. The minimum atomic E-state index is -0.766. The molecular weight excluding hydrogens is 271 g/mol. The highest BCUT2D eigenvalue weighted by Gasteiger charge is 2.44. The van der Waals surface area contributed by atoms with Crippen LogP contribution < -0.4 is 11.1 Å². The largest absolute Gasteiger partial charge is 0.370 e. The molecule has 21 heavy (non-hydrogen) atoms. The van der Waals surface area contributed by atoms with Gasteiger partial charge in [-0.15, -0.1) is 0 Å². The lowest BCUT2D eigenvalue weighted by Crippen LogP contribution is -2.43. The SMILES string of the molecule is NC(=O)CCCNC(=O)C1(c2ccccc2F)CCCC1. The van der Waals surface area contributed by atoms with E-state index in [0.29, 0.717) is 31.4 Å². The van der Waals surface area contributed by atoms with Crippen molar-refractivity contribution in [1.29, 1.82) is 0 Å². The molecule has 5 heteroatoms. The van der Waals surface area contributed by atoms with Gasteiger partial charge in [-0.2, -0.15) is 0 Å². The van der Waals surface area contributed by atoms with Crippen LogP contribution in [0.5, 0.6) is 0 Å². The molecular formula is C16H21FN2O2. The van der Waals surface area contributed by atoms with Crippen LogP contribution in [-0.2, 0) is 15.0 Å². The predicted octanol–water partition coefficient (Wildman–Crippen LogP) is 2.02. The molecule has 0 bridgehead atoms. The van der Waals surface area contributed by atoms with Crippen molar-refractivity contribution in [2.45, 2.75) is 43.9 Å². The van der Waals surface area contributed by atoms with Crippen molar-refractivity contribution < 1.29 is 14.0 Å². The Morgan fingerprint density at radius 3 is 2.52 bits per heavy atom. The summed E-state index contributed by atoms with van der Waals surface area (Å²) >= 11 is 0. The maximum atomic E-state index is 14.1. The Hall–Kier alpha value is -1.91. The standard InChI is InChI=1S/C16H21FN2O2/c17-13-7-2-1-6-12(13)16(9-3-4-10-16)15(21)19-11-5-8-14(18)20/h1-2,6-7H,3-5,8-11H2,(H2,18,20)(H,19,21). The van der Waals surface area contributed by atoms with E-state index in [1.54, 1.807) is 18.2 Å². The lowest BCUT2D eigenvalue weighted by molar-refractivity contribution is -0.127. The van der Waals surface area contributed by atoms with Gasteiger partial charge in [0.15, 0.2) is 0 Å². The maximum absolute atomic E-state index is 14.1. The van der Waals surface area contributed by atoms with E-state index < -0.39 is 5.41 Å². The van der Waals surface area contributed by atoms with E-state index in [-0.39, 0.29) is 24.1 Å². The number of nitrogens with two attached hydrogens (primary N) is 1. The number of carbonyl (C=O) groups excluding carboxylic acids is 2. The quantitative estimate of drug-likeness (QED) is 0.787. The molecule has 1 aliphatic rings. The van der Waals surface area contributed by atoms with Crippen molar-refractivity contribution in [3.8, 4) is 0 Å². The second-order valence-corrected chi connectivity index (χ2v) is 5.59. The number of primary amides is 1. The van der Waals surface area contributed by atoms with E-state index in [9.17, 15) is 14.0 Å². The van der Waals surface area contributed by atoms with Crippen LogP contribution in [-0.4, -0.2) is 18.4 Å². The predicted molar refractivity (Wildman–Crippen MR) is 78.0 cm³/mol. The Kier molecular flexibility index (Phi) is 4.94. The van der Waals surface area contributed by atoms with Crippen LogP contribution in [0.15, 0.2) is 24.3 Å². The van der Waals surface area contributed by atoms with Gasteiger partial charge in [0.1, 0.15) is 5.82 Å². The fraction of sp³-hybridized carbons (Fsp3) is 0.500. The van der Waals surface area contributed by atoms with Gasteiger partial charge in [0.25, 0.3) is 0 Å². The zero-order chi connectivity index (χ0) is 15.3. The van der Waals surface area contributed by atoms with Gasteiger partial charge >= 0.3 is 0 Å². The monoisotopic (exact) mass is 292 g/mol. The topological polar surface area (TPSA) is 72.2 Å². The lowest BCUT2D eigenvalue weighted by atomic mass is 9.77. The van der Waals surface area contributed by atoms with Crippen LogP contribution >= 0.6 is 0 Å². The molecule has 3 N–H and O–H groups in total. The molecule has 0 spiro atoms. The number of hydrogen-bond donors (Lipinski definition) is 2. The van der Waals surface area contributed by atoms with Gasteiger partial charge in [-0.3, -0.25) is 9.59 Å². The molecule has 2 rings (SSSR count). The first-order valence-corrected chi connectivity index (χ1v) is 7.38. The van der Waals surface area contributed by atoms with E-state index in [1.807, 2.05) is 0 Å². The van der Waals surface area contributed by atoms with Crippen molar-refractivity contribution in [3.05, 3.63) is 35.6 Å². The van der Waals surface area contributed by atoms with Crippen LogP contribution in [0.4, 0.5) is 4.39 Å². The third-order valence-corrected chi connectivity index (χ3v) is 4.17. The number of benzene rings is 1. The number of carbonyl (C=O) groups is 2. The Bertz CT molecular complexity index is 525. The fourth-order valence-electron chi connectivity index (χ4n) is 3.08. The van der Waals surface area contributed by atoms with Gasteiger partial charge in [0, 0.05) is 18.5 Å². The van der Waals surface area contributed by atoms with Crippen LogP contribution in [0.3, 0.4) is 0 Å². The maximum Gasteiger partial charge on any atom is 0.230 e. The summed E-state index contributed by atoms with van der Waals surface area (Å²) in [4.78, 5) is 23.3. The molecule has 2 amide bonds. The number of rotatable bonds is 6. The minimum absolute atomic E-state index is 0.144. The number of amides is 2. The summed E-state index contributed by atoms with van der Waals surface area (Å²) in [6.45, 7) is 0.387. The van der Waals surface area contributed by atoms with Crippen LogP contribution in [0.1, 0.15) is 44.1 Å². The van der Waals surface area contributed by atoms with E-state index in [2.05, 4.69) is 5.32 Å². The van der Waals surface area contributed by atoms with Crippen molar-refractivity contribution in [3.63, 3.8) is 0 Å². The van der Waals surface area contributed by atoms with Gasteiger partial charge < -0.3 is 11.1 Å². The molecule has 1 aliphatic carbocycles. The summed E-state index contributed by atoms with van der Waals surface area (Å²) in [5, 5.41) is 2.83. The normalized spacial score (nSPS) is 16.6. The smallest absolute Gasteiger partial charge is 0.230 e. The molecule has 1 aromatic rings. The molecule has 4 nitrogen and oxygen atoms in total. The van der Waals surface area contributed by atoms with E-state index in [0.717, 1.165) is 12.8 Å². The Balaban J connectivity index is 2.10. The van der Waals surface area contributed by atoms with Gasteiger partial charge in [0.05, 0.1) is 5.41 Å². The van der Waals surface area contributed by atoms with Crippen LogP contribution in [0, 0.1) is 5.82 Å². The number of nitrogens with one attached hydrogen (secondary N) is 1. The fourth-order valence-corrected chi connectivity index (χ4v) is 3.08. The second-order valence-electron chi connectivity index (χ2n) is 5.59. The molecule has 1 aromatic carbocycles. The third-order valence-electron chi connectivity index (χ3n) is 4.17. The van der Waals surface area contributed by atoms with E-state index >= 15 is 0 Å². The Labute approximate surface area is 123 Å². The second kappa shape index (κ2) is 6.70. The Morgan fingerprint density at radius 2 is 1.90 bits per heavy atom. The summed E-state index contributed by atoms with van der Waals surface area (Å²) in [6, 6.07) is 6.49. The molecule has 0 unspecified atom stereocenters. The van der Waals surface area contributed by atoms with Gasteiger partial charge in [0.2, 0.25) is 11.8 Å². The summed E-state index contributed by atoms with van der Waals surface area (Å²) in [7, 11) is 0. The molecule has 0 aliphatic heterocycles. The average Bonchev–Trinajstić information content (AvgIpc) is 2.94. The summed E-state index contributed by atoms with van der Waals surface area (Å²) in [6.07, 6.45) is 3.92. The number of hydrogen-bond acceptors (Lipinski definition) is 2. The molecule has 0 atom stereocenters. The molecule has 0 radical (unpaired) electrons. The molecule has 1 fully saturated rings. The van der Waals surface area contributed by atoms with Crippen molar-refractivity contribution in [1.82, 2.24) is 5.32 Å². The van der Waals surface area contributed by atoms with Crippen LogP contribution in [0.2, 0.25) is 0 Å². The summed E-state index contributed by atoms with van der Waals surface area (Å²) < 4.78 is 14.1. The van der Waals surface area contributed by atoms with Crippen molar-refractivity contribution in [2.24, 2.45) is 5.73 Å². The molecule has 0 saturated heterocycles. The van der Waals surface area contributed by atoms with E-state index in [1.165, 1.54) is 6.07 Å². The third kappa shape index (κ3) is 3.40. The highest BCUT2D eigenvalue weighted by atomic mass is 19.1. The molecule has 0 aromatic heterocycles. The number of halogens is 1. The zero-order valence-corrected chi connectivity index (χ0v) is 12.0. The lowest BCUT2D eigenvalue weighted by Gasteiger charge is -2.28. The van der Waals surface area contributed by atoms with Crippen molar-refractivity contribution in [2.75, 3.05) is 6.54 Å². The molecule has 0 heterocycles. The van der Waals surface area contributed by atoms with Crippen molar-refractivity contribution >= 4 is 11.8 Å². The van der Waals surface area contributed by atoms with Gasteiger partial charge in [-0.25, -0.2) is 4.39 Å².